The lowest BCUT2D eigenvalue weighted by molar-refractivity contribution is 0.0698. The number of aryl methyl sites for hydroxylation is 2. The van der Waals surface area contributed by atoms with Gasteiger partial charge < -0.3 is 4.90 Å². The summed E-state index contributed by atoms with van der Waals surface area (Å²) in [5.41, 5.74) is 4.20. The predicted molar refractivity (Wildman–Crippen MR) is 124 cm³/mol. The molecule has 0 saturated carbocycles. The van der Waals surface area contributed by atoms with Crippen LogP contribution in [0.3, 0.4) is 0 Å². The van der Waals surface area contributed by atoms with E-state index in [0.717, 1.165) is 33.0 Å². The van der Waals surface area contributed by atoms with Crippen molar-refractivity contribution in [1.29, 1.82) is 0 Å². The second-order valence-electron chi connectivity index (χ2n) is 8.35. The van der Waals surface area contributed by atoms with Gasteiger partial charge in [-0.1, -0.05) is 36.4 Å². The first kappa shape index (κ1) is 21.5. The molecule has 1 fully saturated rings. The lowest BCUT2D eigenvalue weighted by atomic mass is 10.0. The molecule has 0 aromatic heterocycles. The van der Waals surface area contributed by atoms with E-state index in [1.807, 2.05) is 76.2 Å². The molecule has 5 nitrogen and oxygen atoms in total. The molecular weight excluding hydrogens is 408 g/mol. The van der Waals surface area contributed by atoms with Crippen molar-refractivity contribution < 1.29 is 13.2 Å². The van der Waals surface area contributed by atoms with Gasteiger partial charge in [0, 0.05) is 31.7 Å². The van der Waals surface area contributed by atoms with E-state index in [0.29, 0.717) is 36.6 Å². The molecule has 0 radical (unpaired) electrons. The number of hydrogen-bond donors (Lipinski definition) is 0. The van der Waals surface area contributed by atoms with Gasteiger partial charge in [-0.25, -0.2) is 8.42 Å². The third-order valence-electron chi connectivity index (χ3n) is 6.42. The van der Waals surface area contributed by atoms with Gasteiger partial charge >= 0.3 is 0 Å². The van der Waals surface area contributed by atoms with Gasteiger partial charge in [-0.15, -0.1) is 0 Å². The summed E-state index contributed by atoms with van der Waals surface area (Å²) in [7, 11) is -3.62. The van der Waals surface area contributed by atoms with E-state index in [4.69, 9.17) is 0 Å². The molecule has 162 valence electrons. The fraction of sp³-hybridized carbons (Fsp3) is 0.320. The molecule has 0 N–H and O–H groups in total. The van der Waals surface area contributed by atoms with Crippen molar-refractivity contribution in [1.82, 2.24) is 9.21 Å². The molecule has 0 spiro atoms. The number of piperazine rings is 1. The van der Waals surface area contributed by atoms with E-state index >= 15 is 0 Å². The zero-order chi connectivity index (χ0) is 22.3. The lowest BCUT2D eigenvalue weighted by Gasteiger charge is -2.35. The Kier molecular flexibility index (Phi) is 5.62. The van der Waals surface area contributed by atoms with Crippen LogP contribution >= 0.6 is 0 Å². The Hall–Kier alpha value is -2.70. The van der Waals surface area contributed by atoms with Gasteiger partial charge in [-0.3, -0.25) is 4.79 Å². The number of fused-ring (bicyclic) bond motifs is 1. The summed E-state index contributed by atoms with van der Waals surface area (Å²) in [5.74, 6) is -0.0541. The van der Waals surface area contributed by atoms with Crippen LogP contribution in [0, 0.1) is 27.7 Å². The van der Waals surface area contributed by atoms with Gasteiger partial charge in [0.2, 0.25) is 10.0 Å². The lowest BCUT2D eigenvalue weighted by Crippen LogP contribution is -2.50. The standard InChI is InChI=1S/C25H28N2O3S/c1-17-15-18(2)20(4)24(19(17)3)31(29,30)27-13-11-26(12-14-27)25(28)23-10-9-21-7-5-6-8-22(21)16-23/h5-10,15-16H,11-14H2,1-4H3. The highest BCUT2D eigenvalue weighted by atomic mass is 32.2. The van der Waals surface area contributed by atoms with Crippen LogP contribution in [0.15, 0.2) is 53.4 Å². The number of hydrogen-bond acceptors (Lipinski definition) is 3. The van der Waals surface area contributed by atoms with E-state index in [9.17, 15) is 13.2 Å². The average Bonchev–Trinajstić information content (AvgIpc) is 2.77. The van der Waals surface area contributed by atoms with Gasteiger partial charge in [0.1, 0.15) is 0 Å². The van der Waals surface area contributed by atoms with Crippen LogP contribution in [0.4, 0.5) is 0 Å². The summed E-state index contributed by atoms with van der Waals surface area (Å²) in [5, 5.41) is 2.12. The molecule has 0 atom stereocenters. The normalized spacial score (nSPS) is 15.4. The average molecular weight is 437 g/mol. The number of nitrogens with zero attached hydrogens (tertiary/aromatic N) is 2. The Morgan fingerprint density at radius 3 is 1.97 bits per heavy atom. The predicted octanol–water partition coefficient (Wildman–Crippen LogP) is 4.22. The molecule has 6 heteroatoms. The molecule has 3 aromatic carbocycles. The Bertz CT molecular complexity index is 1250. The van der Waals surface area contributed by atoms with Crippen molar-refractivity contribution in [2.45, 2.75) is 32.6 Å². The minimum Gasteiger partial charge on any atom is -0.336 e. The summed E-state index contributed by atoms with van der Waals surface area (Å²) in [6.45, 7) is 8.99. The number of benzene rings is 3. The SMILES string of the molecule is Cc1cc(C)c(C)c(S(=O)(=O)N2CCN(C(=O)c3ccc4ccccc4c3)CC2)c1C. The molecule has 1 amide bonds. The Labute approximate surface area is 184 Å². The van der Waals surface area contributed by atoms with Crippen LogP contribution in [0.25, 0.3) is 10.8 Å². The van der Waals surface area contributed by atoms with E-state index < -0.39 is 10.0 Å². The summed E-state index contributed by atoms with van der Waals surface area (Å²) in [6, 6.07) is 15.7. The number of carbonyl (C=O) groups excluding carboxylic acids is 1. The summed E-state index contributed by atoms with van der Waals surface area (Å²) in [6.07, 6.45) is 0. The Morgan fingerprint density at radius 1 is 0.774 bits per heavy atom. The second kappa shape index (κ2) is 8.09. The first-order valence-electron chi connectivity index (χ1n) is 10.6. The van der Waals surface area contributed by atoms with E-state index in [1.165, 1.54) is 4.31 Å². The van der Waals surface area contributed by atoms with Crippen molar-refractivity contribution in [2.75, 3.05) is 26.2 Å². The molecule has 3 aromatic rings. The van der Waals surface area contributed by atoms with Gasteiger partial charge in [-0.05, 0) is 72.9 Å². The fourth-order valence-corrected chi connectivity index (χ4v) is 6.33. The van der Waals surface area contributed by atoms with Crippen molar-refractivity contribution in [2.24, 2.45) is 0 Å². The highest BCUT2D eigenvalue weighted by molar-refractivity contribution is 7.89. The monoisotopic (exact) mass is 436 g/mol. The van der Waals surface area contributed by atoms with Gasteiger partial charge in [-0.2, -0.15) is 4.31 Å². The first-order chi connectivity index (χ1) is 14.7. The Balaban J connectivity index is 1.53. The van der Waals surface area contributed by atoms with Crippen molar-refractivity contribution >= 4 is 26.7 Å². The molecule has 1 saturated heterocycles. The second-order valence-corrected chi connectivity index (χ2v) is 10.2. The van der Waals surface area contributed by atoms with Crippen LogP contribution in [0.1, 0.15) is 32.6 Å². The maximum atomic E-state index is 13.4. The minimum absolute atomic E-state index is 0.0541. The van der Waals surface area contributed by atoms with Crippen LogP contribution in [0.2, 0.25) is 0 Å². The smallest absolute Gasteiger partial charge is 0.253 e. The Morgan fingerprint density at radius 2 is 1.35 bits per heavy atom. The number of carbonyl (C=O) groups is 1. The van der Waals surface area contributed by atoms with E-state index in [-0.39, 0.29) is 5.91 Å². The third kappa shape index (κ3) is 3.86. The van der Waals surface area contributed by atoms with Crippen LogP contribution in [-0.2, 0) is 10.0 Å². The summed E-state index contributed by atoms with van der Waals surface area (Å²) < 4.78 is 28.4. The zero-order valence-electron chi connectivity index (χ0n) is 18.5. The van der Waals surface area contributed by atoms with Gasteiger partial charge in [0.05, 0.1) is 4.90 Å². The fourth-order valence-electron chi connectivity index (χ4n) is 4.33. The number of amides is 1. The number of rotatable bonds is 3. The number of sulfonamides is 1. The molecule has 31 heavy (non-hydrogen) atoms. The molecule has 1 aliphatic heterocycles. The van der Waals surface area contributed by atoms with Crippen LogP contribution < -0.4 is 0 Å². The van der Waals surface area contributed by atoms with Crippen LogP contribution in [0.5, 0.6) is 0 Å². The highest BCUT2D eigenvalue weighted by Crippen LogP contribution is 2.29. The quantitative estimate of drug-likeness (QED) is 0.618. The van der Waals surface area contributed by atoms with Crippen molar-refractivity contribution in [3.8, 4) is 0 Å². The molecule has 0 unspecified atom stereocenters. The van der Waals surface area contributed by atoms with E-state index in [1.54, 1.807) is 4.90 Å². The molecule has 0 bridgehead atoms. The molecular formula is C25H28N2O3S. The maximum absolute atomic E-state index is 13.4. The first-order valence-corrected chi connectivity index (χ1v) is 12.0. The van der Waals surface area contributed by atoms with Gasteiger partial charge in [0.15, 0.2) is 0 Å². The molecule has 4 rings (SSSR count). The molecule has 1 heterocycles. The summed E-state index contributed by atoms with van der Waals surface area (Å²) in [4.78, 5) is 15.2. The van der Waals surface area contributed by atoms with Crippen molar-refractivity contribution in [3.05, 3.63) is 76.3 Å². The molecule has 0 aliphatic carbocycles. The topological polar surface area (TPSA) is 57.7 Å². The van der Waals surface area contributed by atoms with E-state index in [2.05, 4.69) is 0 Å². The largest absolute Gasteiger partial charge is 0.336 e. The van der Waals surface area contributed by atoms with Crippen molar-refractivity contribution in [3.63, 3.8) is 0 Å². The minimum atomic E-state index is -3.62. The van der Waals surface area contributed by atoms with Gasteiger partial charge in [0.25, 0.3) is 5.91 Å². The molecule has 1 aliphatic rings. The third-order valence-corrected chi connectivity index (χ3v) is 8.59. The summed E-state index contributed by atoms with van der Waals surface area (Å²) >= 11 is 0. The zero-order valence-corrected chi connectivity index (χ0v) is 19.3. The van der Waals surface area contributed by atoms with Crippen LogP contribution in [-0.4, -0.2) is 49.7 Å². The highest BCUT2D eigenvalue weighted by Gasteiger charge is 2.33. The maximum Gasteiger partial charge on any atom is 0.253 e.